The summed E-state index contributed by atoms with van der Waals surface area (Å²) in [6, 6.07) is 99.5. The van der Waals surface area contributed by atoms with E-state index in [4.69, 9.17) is 12.3 Å². The van der Waals surface area contributed by atoms with E-state index in [1.54, 1.807) is 0 Å². The number of rotatable bonds is 21. The predicted molar refractivity (Wildman–Crippen MR) is 295 cm³/mol. The molecule has 0 aliphatic heterocycles. The average Bonchev–Trinajstić information content (AvgIpc) is 3.43. The van der Waals surface area contributed by atoms with E-state index >= 15 is 0 Å². The number of unbranched alkanes of at least 4 members (excludes halogenated alkanes) is 4. The van der Waals surface area contributed by atoms with E-state index in [0.717, 1.165) is 55.2 Å². The molecule has 0 aliphatic rings. The quantitative estimate of drug-likeness (QED) is 0.0410. The second kappa shape index (κ2) is 22.2. The Morgan fingerprint density at radius 2 is 0.500 bits per heavy atom. The van der Waals surface area contributed by atoms with Gasteiger partial charge in [0.2, 0.25) is 8.32 Å². The lowest BCUT2D eigenvalue weighted by molar-refractivity contribution is 0.359. The maximum absolute atomic E-state index is 8.94. The van der Waals surface area contributed by atoms with E-state index in [1.807, 2.05) is 0 Å². The van der Waals surface area contributed by atoms with Crippen molar-refractivity contribution in [1.82, 2.24) is 0 Å². The molecule has 9 rings (SSSR count). The molecular weight excluding hydrogens is 893 g/mol. The zero-order valence-electron chi connectivity index (χ0n) is 38.9. The molecule has 68 heavy (non-hydrogen) atoms. The molecule has 0 saturated carbocycles. The van der Waals surface area contributed by atoms with Gasteiger partial charge < -0.3 is 12.3 Å². The molecular formula is C61H60O3Si4. The lowest BCUT2D eigenvalue weighted by Gasteiger charge is -2.49. The third-order valence-electron chi connectivity index (χ3n) is 13.2. The van der Waals surface area contributed by atoms with Crippen LogP contribution in [0.15, 0.2) is 273 Å². The van der Waals surface area contributed by atoms with Crippen molar-refractivity contribution in [3.05, 3.63) is 273 Å². The van der Waals surface area contributed by atoms with Crippen molar-refractivity contribution < 1.29 is 12.3 Å². The molecule has 0 saturated heterocycles. The summed E-state index contributed by atoms with van der Waals surface area (Å²) in [6.45, 7) is 2.29. The van der Waals surface area contributed by atoms with Crippen LogP contribution in [-0.2, 0) is 12.3 Å². The first kappa shape index (κ1) is 46.8. The van der Waals surface area contributed by atoms with Crippen LogP contribution in [0.25, 0.3) is 0 Å². The molecule has 0 bridgehead atoms. The van der Waals surface area contributed by atoms with E-state index < -0.39 is 33.8 Å². The van der Waals surface area contributed by atoms with Crippen molar-refractivity contribution in [2.45, 2.75) is 45.1 Å². The van der Waals surface area contributed by atoms with E-state index in [2.05, 4.69) is 280 Å². The minimum Gasteiger partial charge on any atom is -0.422 e. The van der Waals surface area contributed by atoms with Crippen LogP contribution in [0.1, 0.15) is 39.0 Å². The molecule has 0 fully saturated rings. The standard InChI is InChI=1S/C61H60O3Si4/c1-2-3-4-5-33-52-65(53-34-15-6-16-35-53,54-36-17-7-18-37-54)62-67(58-44-25-11-26-45-58,59-46-27-12-28-47-59)64-68(60-48-29-13-30-49-60,61-50-31-14-32-51-61)63-66(55-38-19-8-20-39-55,56-40-21-9-22-41-56)57-42-23-10-24-43-57/h6-32,34-51H,2-5,33,52H2,1H3. The summed E-state index contributed by atoms with van der Waals surface area (Å²) in [5.41, 5.74) is 0. The second-order valence-electron chi connectivity index (χ2n) is 17.5. The summed E-state index contributed by atoms with van der Waals surface area (Å²) in [6.07, 6.45) is 5.77. The zero-order chi connectivity index (χ0) is 46.4. The van der Waals surface area contributed by atoms with Crippen LogP contribution in [0.2, 0.25) is 6.04 Å². The summed E-state index contributed by atoms with van der Waals surface area (Å²) in [5.74, 6) is 0. The average molecular weight is 953 g/mol. The molecule has 0 heterocycles. The molecule has 3 nitrogen and oxygen atoms in total. The highest BCUT2D eigenvalue weighted by Gasteiger charge is 2.61. The lowest BCUT2D eigenvalue weighted by atomic mass is 10.2. The van der Waals surface area contributed by atoms with Gasteiger partial charge >= 0.3 is 17.1 Å². The third kappa shape index (κ3) is 9.70. The van der Waals surface area contributed by atoms with Crippen LogP contribution >= 0.6 is 0 Å². The second-order valence-corrected chi connectivity index (χ2v) is 31.1. The van der Waals surface area contributed by atoms with Gasteiger partial charge in [-0.3, -0.25) is 0 Å². The maximum Gasteiger partial charge on any atom is 0.389 e. The summed E-state index contributed by atoms with van der Waals surface area (Å²) in [7, 11) is -14.8. The topological polar surface area (TPSA) is 27.7 Å². The van der Waals surface area contributed by atoms with Crippen molar-refractivity contribution in [2.75, 3.05) is 0 Å². The molecule has 7 heteroatoms. The van der Waals surface area contributed by atoms with E-state index in [9.17, 15) is 0 Å². The van der Waals surface area contributed by atoms with Crippen LogP contribution < -0.4 is 46.7 Å². The first-order valence-electron chi connectivity index (χ1n) is 24.2. The van der Waals surface area contributed by atoms with Gasteiger partial charge in [0, 0.05) is 0 Å². The van der Waals surface area contributed by atoms with Gasteiger partial charge in [-0.2, -0.15) is 0 Å². The largest absolute Gasteiger partial charge is 0.422 e. The van der Waals surface area contributed by atoms with Crippen molar-refractivity contribution in [1.29, 1.82) is 0 Å². The van der Waals surface area contributed by atoms with Crippen molar-refractivity contribution in [2.24, 2.45) is 0 Å². The van der Waals surface area contributed by atoms with Gasteiger partial charge in [0.25, 0.3) is 8.32 Å². The fraction of sp³-hybridized carbons (Fsp3) is 0.115. The van der Waals surface area contributed by atoms with Crippen LogP contribution in [0.3, 0.4) is 0 Å². The molecule has 0 aliphatic carbocycles. The Morgan fingerprint density at radius 3 is 0.794 bits per heavy atom. The monoisotopic (exact) mass is 952 g/mol. The summed E-state index contributed by atoms with van der Waals surface area (Å²) in [5, 5.41) is 10.0. The Hall–Kier alpha value is -6.27. The Kier molecular flexibility index (Phi) is 15.3. The lowest BCUT2D eigenvalue weighted by Crippen LogP contribution is -2.83. The Bertz CT molecular complexity index is 2650. The molecule has 0 spiro atoms. The van der Waals surface area contributed by atoms with Gasteiger partial charge in [-0.05, 0) is 52.7 Å². The van der Waals surface area contributed by atoms with Gasteiger partial charge in [0.05, 0.1) is 0 Å². The molecule has 9 aromatic carbocycles. The summed E-state index contributed by atoms with van der Waals surface area (Å²) in [4.78, 5) is 0. The molecule has 0 aromatic heterocycles. The molecule has 0 unspecified atom stereocenters. The maximum atomic E-state index is 8.94. The van der Waals surface area contributed by atoms with E-state index in [-0.39, 0.29) is 0 Å². The number of hydrogen-bond acceptors (Lipinski definition) is 3. The molecule has 0 N–H and O–H groups in total. The van der Waals surface area contributed by atoms with Crippen LogP contribution in [-0.4, -0.2) is 33.8 Å². The molecule has 0 amide bonds. The minimum absolute atomic E-state index is 0.894. The minimum atomic E-state index is -4.06. The SMILES string of the molecule is CCCCCCC[Si](O[Si](O[Si](O[Si](c1ccccc1)(c1ccccc1)c1ccccc1)(c1ccccc1)c1ccccc1)(c1ccccc1)c1ccccc1)(c1ccccc1)c1ccccc1. The molecule has 0 radical (unpaired) electrons. The Balaban J connectivity index is 1.41. The number of hydrogen-bond donors (Lipinski definition) is 0. The molecule has 0 atom stereocenters. The molecule has 338 valence electrons. The fourth-order valence-electron chi connectivity index (χ4n) is 9.85. The van der Waals surface area contributed by atoms with Gasteiger partial charge in [-0.1, -0.05) is 312 Å². The third-order valence-corrected chi connectivity index (χ3v) is 31.8. The highest BCUT2D eigenvalue weighted by atomic mass is 28.5. The Morgan fingerprint density at radius 1 is 0.250 bits per heavy atom. The van der Waals surface area contributed by atoms with Gasteiger partial charge in [0.15, 0.2) is 0 Å². The van der Waals surface area contributed by atoms with E-state index in [1.165, 1.54) is 29.6 Å². The first-order valence-corrected chi connectivity index (χ1v) is 31.9. The van der Waals surface area contributed by atoms with Gasteiger partial charge in [-0.15, -0.1) is 0 Å². The van der Waals surface area contributed by atoms with Crippen LogP contribution in [0.4, 0.5) is 0 Å². The van der Waals surface area contributed by atoms with Gasteiger partial charge in [-0.25, -0.2) is 0 Å². The highest BCUT2D eigenvalue weighted by Crippen LogP contribution is 2.29. The Labute approximate surface area is 408 Å². The fourth-order valence-corrected chi connectivity index (χ4v) is 32.1. The smallest absolute Gasteiger partial charge is 0.389 e. The van der Waals surface area contributed by atoms with E-state index in [0.29, 0.717) is 0 Å². The first-order chi connectivity index (χ1) is 33.6. The molecule has 9 aromatic rings. The highest BCUT2D eigenvalue weighted by molar-refractivity contribution is 7.16. The normalized spacial score (nSPS) is 12.1. The van der Waals surface area contributed by atoms with Gasteiger partial charge in [0.1, 0.15) is 0 Å². The van der Waals surface area contributed by atoms with Crippen LogP contribution in [0, 0.1) is 0 Å². The van der Waals surface area contributed by atoms with Crippen LogP contribution in [0.5, 0.6) is 0 Å². The number of benzene rings is 9. The van der Waals surface area contributed by atoms with Crippen molar-refractivity contribution in [3.8, 4) is 0 Å². The summed E-state index contributed by atoms with van der Waals surface area (Å²) >= 11 is 0. The van der Waals surface area contributed by atoms with Crippen molar-refractivity contribution in [3.63, 3.8) is 0 Å². The zero-order valence-corrected chi connectivity index (χ0v) is 42.9. The van der Waals surface area contributed by atoms with Crippen molar-refractivity contribution >= 4 is 80.4 Å². The summed E-state index contributed by atoms with van der Waals surface area (Å²) < 4.78 is 26.6. The predicted octanol–water partition coefficient (Wildman–Crippen LogP) is 8.95.